The van der Waals surface area contributed by atoms with Crippen LogP contribution >= 0.6 is 0 Å². The molecule has 0 aliphatic carbocycles. The fourth-order valence-electron chi connectivity index (χ4n) is 2.36. The van der Waals surface area contributed by atoms with E-state index in [-0.39, 0.29) is 5.75 Å². The van der Waals surface area contributed by atoms with Crippen molar-refractivity contribution in [2.75, 3.05) is 0 Å². The summed E-state index contributed by atoms with van der Waals surface area (Å²) < 4.78 is 28.5. The minimum absolute atomic E-state index is 0.0702. The standard InChI is InChI=1S/C16H13F2NO2/c17-16(18)21-11-6-4-10(5-7-11)15(20)13-2-1-3-14-12(13)8-9-19-14/h1-9,15-16,19-20H. The topological polar surface area (TPSA) is 45.2 Å². The quantitative estimate of drug-likeness (QED) is 0.766. The summed E-state index contributed by atoms with van der Waals surface area (Å²) in [6.45, 7) is -2.85. The molecule has 1 unspecified atom stereocenters. The van der Waals surface area contributed by atoms with Crippen molar-refractivity contribution in [2.45, 2.75) is 12.7 Å². The summed E-state index contributed by atoms with van der Waals surface area (Å²) >= 11 is 0. The van der Waals surface area contributed by atoms with Crippen LogP contribution < -0.4 is 4.74 Å². The van der Waals surface area contributed by atoms with Gasteiger partial charge in [0, 0.05) is 17.1 Å². The molecule has 0 aliphatic rings. The van der Waals surface area contributed by atoms with Gasteiger partial charge in [0.1, 0.15) is 11.9 Å². The van der Waals surface area contributed by atoms with Gasteiger partial charge in [0.25, 0.3) is 0 Å². The third-order valence-electron chi connectivity index (χ3n) is 3.34. The lowest BCUT2D eigenvalue weighted by Crippen LogP contribution is -2.03. The fourth-order valence-corrected chi connectivity index (χ4v) is 2.36. The Morgan fingerprint density at radius 1 is 1.00 bits per heavy atom. The van der Waals surface area contributed by atoms with E-state index >= 15 is 0 Å². The highest BCUT2D eigenvalue weighted by Crippen LogP contribution is 2.29. The molecule has 108 valence electrons. The maximum absolute atomic E-state index is 12.1. The van der Waals surface area contributed by atoms with E-state index in [0.717, 1.165) is 16.5 Å². The summed E-state index contributed by atoms with van der Waals surface area (Å²) in [5.41, 5.74) is 2.31. The first-order chi connectivity index (χ1) is 10.1. The molecule has 0 radical (unpaired) electrons. The Hall–Kier alpha value is -2.40. The molecule has 3 aromatic rings. The predicted octanol–water partition coefficient (Wildman–Crippen LogP) is 3.85. The summed E-state index contributed by atoms with van der Waals surface area (Å²) in [4.78, 5) is 3.08. The second-order valence-corrected chi connectivity index (χ2v) is 4.64. The van der Waals surface area contributed by atoms with Gasteiger partial charge < -0.3 is 14.8 Å². The monoisotopic (exact) mass is 289 g/mol. The molecule has 0 bridgehead atoms. The molecule has 1 aromatic heterocycles. The van der Waals surface area contributed by atoms with Gasteiger partial charge in [-0.15, -0.1) is 0 Å². The van der Waals surface area contributed by atoms with Crippen LogP contribution in [0.4, 0.5) is 8.78 Å². The second-order valence-electron chi connectivity index (χ2n) is 4.64. The minimum Gasteiger partial charge on any atom is -0.435 e. The molecule has 0 fully saturated rings. The van der Waals surface area contributed by atoms with Gasteiger partial charge in [0.15, 0.2) is 0 Å². The van der Waals surface area contributed by atoms with Gasteiger partial charge >= 0.3 is 6.61 Å². The average molecular weight is 289 g/mol. The Balaban J connectivity index is 1.91. The molecule has 0 spiro atoms. The van der Waals surface area contributed by atoms with Crippen LogP contribution in [-0.2, 0) is 0 Å². The van der Waals surface area contributed by atoms with E-state index in [9.17, 15) is 13.9 Å². The van der Waals surface area contributed by atoms with Gasteiger partial charge in [-0.3, -0.25) is 0 Å². The number of hydrogen-bond acceptors (Lipinski definition) is 2. The Bertz CT molecular complexity index is 737. The van der Waals surface area contributed by atoms with Gasteiger partial charge in [-0.2, -0.15) is 8.78 Å². The molecule has 3 rings (SSSR count). The van der Waals surface area contributed by atoms with Crippen LogP contribution in [-0.4, -0.2) is 16.7 Å². The first-order valence-electron chi connectivity index (χ1n) is 6.44. The lowest BCUT2D eigenvalue weighted by atomic mass is 9.98. The van der Waals surface area contributed by atoms with Crippen molar-refractivity contribution in [3.8, 4) is 5.75 Å². The zero-order valence-electron chi connectivity index (χ0n) is 11.0. The van der Waals surface area contributed by atoms with Crippen LogP contribution in [0.3, 0.4) is 0 Å². The van der Waals surface area contributed by atoms with Gasteiger partial charge in [-0.25, -0.2) is 0 Å². The number of aromatic amines is 1. The summed E-state index contributed by atoms with van der Waals surface area (Å²) in [6.07, 6.45) is 0.977. The lowest BCUT2D eigenvalue weighted by molar-refractivity contribution is -0.0498. The van der Waals surface area contributed by atoms with Crippen LogP contribution in [0.25, 0.3) is 10.9 Å². The van der Waals surface area contributed by atoms with Crippen LogP contribution in [0, 0.1) is 0 Å². The molecule has 1 atom stereocenters. The number of H-pyrrole nitrogens is 1. The van der Waals surface area contributed by atoms with Crippen molar-refractivity contribution >= 4 is 10.9 Å². The summed E-state index contributed by atoms with van der Waals surface area (Å²) in [7, 11) is 0. The van der Waals surface area contributed by atoms with E-state index in [1.807, 2.05) is 24.3 Å². The summed E-state index contributed by atoms with van der Waals surface area (Å²) in [5.74, 6) is 0.0702. The van der Waals surface area contributed by atoms with Crippen LogP contribution in [0.15, 0.2) is 54.7 Å². The number of halogens is 2. The molecule has 1 heterocycles. The number of aliphatic hydroxyl groups is 1. The Kier molecular flexibility index (Phi) is 3.58. The van der Waals surface area contributed by atoms with E-state index in [1.54, 1.807) is 18.3 Å². The van der Waals surface area contributed by atoms with Gasteiger partial charge in [0.2, 0.25) is 0 Å². The SMILES string of the molecule is OC(c1ccc(OC(F)F)cc1)c1cccc2[nH]ccc12. The highest BCUT2D eigenvalue weighted by Gasteiger charge is 2.14. The van der Waals surface area contributed by atoms with E-state index in [2.05, 4.69) is 9.72 Å². The molecule has 0 saturated heterocycles. The number of hydrogen-bond donors (Lipinski definition) is 2. The molecule has 0 amide bonds. The smallest absolute Gasteiger partial charge is 0.387 e. The molecular weight excluding hydrogens is 276 g/mol. The first-order valence-corrected chi connectivity index (χ1v) is 6.44. The highest BCUT2D eigenvalue weighted by molar-refractivity contribution is 5.83. The van der Waals surface area contributed by atoms with Crippen molar-refractivity contribution in [1.82, 2.24) is 4.98 Å². The fraction of sp³-hybridized carbons (Fsp3) is 0.125. The number of aliphatic hydroxyl groups excluding tert-OH is 1. The summed E-state index contributed by atoms with van der Waals surface area (Å²) in [5, 5.41) is 11.4. The lowest BCUT2D eigenvalue weighted by Gasteiger charge is -2.13. The van der Waals surface area contributed by atoms with E-state index < -0.39 is 12.7 Å². The first kappa shape index (κ1) is 13.6. The third kappa shape index (κ3) is 2.73. The van der Waals surface area contributed by atoms with Crippen molar-refractivity contribution in [2.24, 2.45) is 0 Å². The molecule has 3 nitrogen and oxygen atoms in total. The number of rotatable bonds is 4. The van der Waals surface area contributed by atoms with E-state index in [0.29, 0.717) is 5.56 Å². The van der Waals surface area contributed by atoms with Crippen molar-refractivity contribution < 1.29 is 18.6 Å². The van der Waals surface area contributed by atoms with Crippen molar-refractivity contribution in [3.63, 3.8) is 0 Å². The number of benzene rings is 2. The molecule has 2 N–H and O–H groups in total. The van der Waals surface area contributed by atoms with Crippen LogP contribution in [0.1, 0.15) is 17.2 Å². The van der Waals surface area contributed by atoms with Gasteiger partial charge in [0.05, 0.1) is 0 Å². The largest absolute Gasteiger partial charge is 0.435 e. The summed E-state index contributed by atoms with van der Waals surface area (Å²) in [6, 6.07) is 13.5. The average Bonchev–Trinajstić information content (AvgIpc) is 2.95. The minimum atomic E-state index is -2.85. The molecule has 5 heteroatoms. The molecule has 0 saturated carbocycles. The molecule has 21 heavy (non-hydrogen) atoms. The van der Waals surface area contributed by atoms with Crippen molar-refractivity contribution in [1.29, 1.82) is 0 Å². The predicted molar refractivity (Wildman–Crippen MR) is 75.4 cm³/mol. The Morgan fingerprint density at radius 2 is 1.76 bits per heavy atom. The van der Waals surface area contributed by atoms with Gasteiger partial charge in [-0.1, -0.05) is 24.3 Å². The van der Waals surface area contributed by atoms with E-state index in [4.69, 9.17) is 0 Å². The van der Waals surface area contributed by atoms with Crippen LogP contribution in [0.2, 0.25) is 0 Å². The maximum Gasteiger partial charge on any atom is 0.387 e. The third-order valence-corrected chi connectivity index (χ3v) is 3.34. The molecule has 2 aromatic carbocycles. The highest BCUT2D eigenvalue weighted by atomic mass is 19.3. The molecule has 0 aliphatic heterocycles. The Morgan fingerprint density at radius 3 is 2.48 bits per heavy atom. The van der Waals surface area contributed by atoms with Crippen LogP contribution in [0.5, 0.6) is 5.75 Å². The normalized spacial score (nSPS) is 12.8. The Labute approximate surface area is 119 Å². The number of ether oxygens (including phenoxy) is 1. The maximum atomic E-state index is 12.1. The number of alkyl halides is 2. The number of nitrogens with one attached hydrogen (secondary N) is 1. The van der Waals surface area contributed by atoms with Crippen molar-refractivity contribution in [3.05, 3.63) is 65.9 Å². The zero-order chi connectivity index (χ0) is 14.8. The number of aromatic nitrogens is 1. The van der Waals surface area contributed by atoms with E-state index in [1.165, 1.54) is 12.1 Å². The number of fused-ring (bicyclic) bond motifs is 1. The zero-order valence-corrected chi connectivity index (χ0v) is 11.0. The van der Waals surface area contributed by atoms with Gasteiger partial charge in [-0.05, 0) is 35.4 Å². The second kappa shape index (κ2) is 5.54. The molecular formula is C16H13F2NO2.